The van der Waals surface area contributed by atoms with Crippen LogP contribution < -0.4 is 0 Å². The van der Waals surface area contributed by atoms with Gasteiger partial charge in [-0.2, -0.15) is 0 Å². The van der Waals surface area contributed by atoms with Crippen LogP contribution >= 0.6 is 0 Å². The van der Waals surface area contributed by atoms with E-state index in [-0.39, 0.29) is 0 Å². The van der Waals surface area contributed by atoms with Crippen molar-refractivity contribution in [2.24, 2.45) is 0 Å². The number of tetrazole rings is 1. The fourth-order valence-electron chi connectivity index (χ4n) is 2.94. The van der Waals surface area contributed by atoms with E-state index in [1.165, 1.54) is 35.1 Å². The van der Waals surface area contributed by atoms with Gasteiger partial charge in [0.15, 0.2) is 5.82 Å². The molecule has 3 aliphatic rings. The van der Waals surface area contributed by atoms with Crippen molar-refractivity contribution in [3.8, 4) is 11.4 Å². The Morgan fingerprint density at radius 2 is 2.11 bits per heavy atom. The van der Waals surface area contributed by atoms with Crippen molar-refractivity contribution in [3.63, 3.8) is 0 Å². The Hall–Kier alpha value is -1.75. The van der Waals surface area contributed by atoms with Crippen molar-refractivity contribution < 1.29 is 4.74 Å². The van der Waals surface area contributed by atoms with Crippen LogP contribution in [0.2, 0.25) is 0 Å². The number of hydrogen-bond donors (Lipinski definition) is 0. The van der Waals surface area contributed by atoms with E-state index in [9.17, 15) is 0 Å². The summed E-state index contributed by atoms with van der Waals surface area (Å²) < 4.78 is 7.36. The summed E-state index contributed by atoms with van der Waals surface area (Å²) in [6, 6.07) is 4.61. The molecule has 1 saturated carbocycles. The number of aromatic nitrogens is 4. The van der Waals surface area contributed by atoms with E-state index in [1.807, 2.05) is 4.68 Å². The fourth-order valence-corrected chi connectivity index (χ4v) is 2.94. The molecule has 1 unspecified atom stereocenters. The molecular formula is C13H12N4O. The molecule has 1 aliphatic carbocycles. The molecule has 3 heterocycles. The van der Waals surface area contributed by atoms with Crippen LogP contribution in [0.15, 0.2) is 12.1 Å². The van der Waals surface area contributed by atoms with Crippen LogP contribution in [0.25, 0.3) is 11.4 Å². The zero-order valence-electron chi connectivity index (χ0n) is 9.83. The summed E-state index contributed by atoms with van der Waals surface area (Å²) in [6.07, 6.45) is 2.96. The third-order valence-electron chi connectivity index (χ3n) is 4.10. The number of benzene rings is 1. The second-order valence-corrected chi connectivity index (χ2v) is 5.39. The van der Waals surface area contributed by atoms with Crippen LogP contribution in [0.1, 0.15) is 41.6 Å². The topological polar surface area (TPSA) is 56.1 Å². The first-order chi connectivity index (χ1) is 8.90. The molecule has 1 atom stereocenters. The molecule has 1 saturated heterocycles. The Morgan fingerprint density at radius 3 is 2.89 bits per heavy atom. The maximum absolute atomic E-state index is 5.48. The Bertz CT molecular complexity index is 655. The molecular weight excluding hydrogens is 228 g/mol. The summed E-state index contributed by atoms with van der Waals surface area (Å²) in [4.78, 5) is 0. The van der Waals surface area contributed by atoms with Crippen molar-refractivity contribution in [1.29, 1.82) is 0 Å². The van der Waals surface area contributed by atoms with E-state index < -0.39 is 0 Å². The van der Waals surface area contributed by atoms with Crippen molar-refractivity contribution in [2.75, 3.05) is 6.61 Å². The first-order valence-corrected chi connectivity index (χ1v) is 6.45. The van der Waals surface area contributed by atoms with Crippen LogP contribution in [-0.2, 0) is 11.3 Å². The van der Waals surface area contributed by atoms with E-state index in [0.29, 0.717) is 6.10 Å². The Balaban J connectivity index is 1.73. The lowest BCUT2D eigenvalue weighted by atomic mass is 9.95. The van der Waals surface area contributed by atoms with E-state index in [0.717, 1.165) is 24.9 Å². The minimum Gasteiger partial charge on any atom is -0.368 e. The second-order valence-electron chi connectivity index (χ2n) is 5.39. The average molecular weight is 240 g/mol. The molecule has 18 heavy (non-hydrogen) atoms. The first-order valence-electron chi connectivity index (χ1n) is 6.45. The molecule has 5 rings (SSSR count). The molecule has 1 aromatic heterocycles. The van der Waals surface area contributed by atoms with Crippen LogP contribution in [0.3, 0.4) is 0 Å². The van der Waals surface area contributed by atoms with Crippen molar-refractivity contribution >= 4 is 0 Å². The molecule has 0 spiro atoms. The maximum atomic E-state index is 5.48. The van der Waals surface area contributed by atoms with Gasteiger partial charge in [0.25, 0.3) is 0 Å². The van der Waals surface area contributed by atoms with Crippen molar-refractivity contribution in [2.45, 2.75) is 31.4 Å². The predicted octanol–water partition coefficient (Wildman–Crippen LogP) is 1.65. The molecule has 0 amide bonds. The highest BCUT2D eigenvalue weighted by Gasteiger charge is 2.36. The molecule has 2 fully saturated rings. The molecule has 2 aliphatic heterocycles. The zero-order valence-corrected chi connectivity index (χ0v) is 9.83. The molecule has 0 N–H and O–H groups in total. The number of fused-ring (bicyclic) bond motifs is 3. The third-order valence-corrected chi connectivity index (χ3v) is 4.10. The highest BCUT2D eigenvalue weighted by molar-refractivity contribution is 5.67. The molecule has 1 aromatic carbocycles. The normalized spacial score (nSPS) is 23.9. The number of ether oxygens (including phenoxy) is 1. The van der Waals surface area contributed by atoms with Crippen molar-refractivity contribution in [1.82, 2.24) is 20.2 Å². The number of hydrogen-bond acceptors (Lipinski definition) is 4. The number of nitrogens with zero attached hydrogens (tertiary/aromatic N) is 4. The van der Waals surface area contributed by atoms with E-state index in [1.54, 1.807) is 0 Å². The van der Waals surface area contributed by atoms with Gasteiger partial charge in [-0.25, -0.2) is 4.68 Å². The molecule has 5 nitrogen and oxygen atoms in total. The van der Waals surface area contributed by atoms with Crippen LogP contribution in [0, 0.1) is 0 Å². The SMILES string of the molecule is c1c2c(cc(C3CO3)c1C1CC1)Cn1nnnc1-2. The van der Waals surface area contributed by atoms with Crippen LogP contribution in [-0.4, -0.2) is 26.8 Å². The highest BCUT2D eigenvalue weighted by atomic mass is 16.6. The molecule has 90 valence electrons. The van der Waals surface area contributed by atoms with Gasteiger partial charge in [-0.3, -0.25) is 0 Å². The largest absolute Gasteiger partial charge is 0.368 e. The zero-order chi connectivity index (χ0) is 11.7. The van der Waals surface area contributed by atoms with E-state index >= 15 is 0 Å². The molecule has 2 aromatic rings. The van der Waals surface area contributed by atoms with Gasteiger partial charge in [0.1, 0.15) is 6.10 Å². The number of epoxide rings is 1. The minimum absolute atomic E-state index is 0.338. The maximum Gasteiger partial charge on any atom is 0.182 e. The van der Waals surface area contributed by atoms with Gasteiger partial charge in [-0.15, -0.1) is 5.10 Å². The fraction of sp³-hybridized carbons (Fsp3) is 0.462. The first kappa shape index (κ1) is 9.22. The summed E-state index contributed by atoms with van der Waals surface area (Å²) in [6.45, 7) is 1.67. The van der Waals surface area contributed by atoms with Gasteiger partial charge in [-0.05, 0) is 51.9 Å². The number of rotatable bonds is 2. The molecule has 0 radical (unpaired) electrons. The summed E-state index contributed by atoms with van der Waals surface area (Å²) >= 11 is 0. The Labute approximate surface area is 104 Å². The summed E-state index contributed by atoms with van der Waals surface area (Å²) in [5, 5.41) is 11.9. The van der Waals surface area contributed by atoms with Gasteiger partial charge in [-0.1, -0.05) is 6.07 Å². The monoisotopic (exact) mass is 240 g/mol. The highest BCUT2D eigenvalue weighted by Crippen LogP contribution is 2.48. The lowest BCUT2D eigenvalue weighted by molar-refractivity contribution is 0.414. The minimum atomic E-state index is 0.338. The second kappa shape index (κ2) is 2.98. The van der Waals surface area contributed by atoms with Gasteiger partial charge in [0.05, 0.1) is 13.2 Å². The van der Waals surface area contributed by atoms with Crippen LogP contribution in [0.5, 0.6) is 0 Å². The summed E-state index contributed by atoms with van der Waals surface area (Å²) in [5.74, 6) is 1.65. The van der Waals surface area contributed by atoms with Gasteiger partial charge in [0, 0.05) is 5.56 Å². The smallest absolute Gasteiger partial charge is 0.182 e. The quantitative estimate of drug-likeness (QED) is 0.639. The van der Waals surface area contributed by atoms with E-state index in [2.05, 4.69) is 27.7 Å². The summed E-state index contributed by atoms with van der Waals surface area (Å²) in [7, 11) is 0. The average Bonchev–Trinajstić information content (AvgIpc) is 3.27. The lowest BCUT2D eigenvalue weighted by Crippen LogP contribution is -1.97. The van der Waals surface area contributed by atoms with Crippen molar-refractivity contribution in [3.05, 3.63) is 28.8 Å². The third kappa shape index (κ3) is 1.17. The standard InChI is InChI=1S/C13H12N4O/c1-2-7(1)9-4-10-8(3-11(9)12-6-18-12)5-17-13(10)14-15-16-17/h3-4,7,12H,1-2,5-6H2. The predicted molar refractivity (Wildman–Crippen MR) is 63.0 cm³/mol. The Kier molecular flexibility index (Phi) is 1.52. The van der Waals surface area contributed by atoms with Gasteiger partial charge < -0.3 is 4.74 Å². The lowest BCUT2D eigenvalue weighted by Gasteiger charge is -2.09. The van der Waals surface area contributed by atoms with Crippen LogP contribution in [0.4, 0.5) is 0 Å². The Morgan fingerprint density at radius 1 is 1.22 bits per heavy atom. The molecule has 0 bridgehead atoms. The summed E-state index contributed by atoms with van der Waals surface area (Å²) in [5.41, 5.74) is 5.39. The van der Waals surface area contributed by atoms with Gasteiger partial charge >= 0.3 is 0 Å². The van der Waals surface area contributed by atoms with Gasteiger partial charge in [0.2, 0.25) is 0 Å². The molecule has 5 heteroatoms. The van der Waals surface area contributed by atoms with E-state index in [4.69, 9.17) is 4.74 Å².